The second-order valence-corrected chi connectivity index (χ2v) is 6.78. The Morgan fingerprint density at radius 3 is 2.56 bits per heavy atom. The third kappa shape index (κ3) is 3.71. The lowest BCUT2D eigenvalue weighted by atomic mass is 9.89. The Kier molecular flexibility index (Phi) is 5.50. The molecule has 0 aromatic rings. The van der Waals surface area contributed by atoms with Crippen molar-refractivity contribution in [2.24, 2.45) is 11.8 Å². The van der Waals surface area contributed by atoms with Crippen LogP contribution in [0.2, 0.25) is 0 Å². The monoisotopic (exact) mass is 252 g/mol. The van der Waals surface area contributed by atoms with Crippen molar-refractivity contribution in [1.82, 2.24) is 10.2 Å². The van der Waals surface area contributed by atoms with Gasteiger partial charge in [0.25, 0.3) is 0 Å². The van der Waals surface area contributed by atoms with Crippen molar-refractivity contribution in [3.05, 3.63) is 0 Å². The van der Waals surface area contributed by atoms with Crippen LogP contribution in [0.5, 0.6) is 0 Å². The summed E-state index contributed by atoms with van der Waals surface area (Å²) in [5, 5.41) is 3.49. The summed E-state index contributed by atoms with van der Waals surface area (Å²) in [5.74, 6) is 1.85. The van der Waals surface area contributed by atoms with Crippen molar-refractivity contribution >= 4 is 0 Å². The molecule has 2 rings (SSSR count). The van der Waals surface area contributed by atoms with E-state index < -0.39 is 0 Å². The van der Waals surface area contributed by atoms with Crippen molar-refractivity contribution in [1.29, 1.82) is 0 Å². The lowest BCUT2D eigenvalue weighted by molar-refractivity contribution is 0.143. The van der Waals surface area contributed by atoms with Gasteiger partial charge in [-0.25, -0.2) is 0 Å². The molecule has 106 valence electrons. The van der Waals surface area contributed by atoms with Crippen molar-refractivity contribution in [3.8, 4) is 0 Å². The highest BCUT2D eigenvalue weighted by Crippen LogP contribution is 2.29. The minimum Gasteiger partial charge on any atom is -0.317 e. The number of rotatable bonds is 3. The Morgan fingerprint density at radius 2 is 1.83 bits per heavy atom. The molecule has 1 saturated carbocycles. The van der Waals surface area contributed by atoms with E-state index in [0.717, 1.165) is 23.9 Å². The summed E-state index contributed by atoms with van der Waals surface area (Å²) in [7, 11) is 2.13. The Morgan fingerprint density at radius 1 is 1.00 bits per heavy atom. The summed E-state index contributed by atoms with van der Waals surface area (Å²) in [4.78, 5) is 2.81. The topological polar surface area (TPSA) is 15.3 Å². The fraction of sp³-hybridized carbons (Fsp3) is 1.00. The standard InChI is InChI=1S/C16H32N2/c1-13(2)14-6-5-10-18(11-9-14)16-8-4-7-15(12-16)17-3/h13-17H,4-12H2,1-3H3. The van der Waals surface area contributed by atoms with Crippen LogP contribution in [0.4, 0.5) is 0 Å². The minimum absolute atomic E-state index is 0.771. The van der Waals surface area contributed by atoms with E-state index in [1.54, 1.807) is 0 Å². The molecule has 1 aliphatic carbocycles. The van der Waals surface area contributed by atoms with E-state index in [4.69, 9.17) is 0 Å². The maximum atomic E-state index is 3.49. The first-order valence-corrected chi connectivity index (χ1v) is 8.12. The average molecular weight is 252 g/mol. The molecule has 18 heavy (non-hydrogen) atoms. The Hall–Kier alpha value is -0.0800. The van der Waals surface area contributed by atoms with Gasteiger partial charge < -0.3 is 10.2 Å². The lowest BCUT2D eigenvalue weighted by Gasteiger charge is -2.37. The maximum Gasteiger partial charge on any atom is 0.0110 e. The Balaban J connectivity index is 1.85. The highest BCUT2D eigenvalue weighted by molar-refractivity contribution is 4.85. The predicted molar refractivity (Wildman–Crippen MR) is 78.9 cm³/mol. The van der Waals surface area contributed by atoms with E-state index in [0.29, 0.717) is 0 Å². The minimum atomic E-state index is 0.771. The molecule has 0 spiro atoms. The highest BCUT2D eigenvalue weighted by atomic mass is 15.2. The van der Waals surface area contributed by atoms with Gasteiger partial charge in [-0.15, -0.1) is 0 Å². The quantitative estimate of drug-likeness (QED) is 0.829. The molecular formula is C16H32N2. The van der Waals surface area contributed by atoms with Crippen molar-refractivity contribution in [3.63, 3.8) is 0 Å². The second-order valence-electron chi connectivity index (χ2n) is 6.78. The number of hydrogen-bond acceptors (Lipinski definition) is 2. The number of nitrogens with one attached hydrogen (secondary N) is 1. The largest absolute Gasteiger partial charge is 0.317 e. The fourth-order valence-electron chi connectivity index (χ4n) is 3.93. The SMILES string of the molecule is CNC1CCCC(N2CCCC(C(C)C)CC2)C1. The highest BCUT2D eigenvalue weighted by Gasteiger charge is 2.28. The summed E-state index contributed by atoms with van der Waals surface area (Å²) in [5.41, 5.74) is 0. The van der Waals surface area contributed by atoms with Gasteiger partial charge in [0.2, 0.25) is 0 Å². The van der Waals surface area contributed by atoms with Gasteiger partial charge in [0.15, 0.2) is 0 Å². The molecule has 0 bridgehead atoms. The molecule has 0 aromatic carbocycles. The number of hydrogen-bond donors (Lipinski definition) is 1. The van der Waals surface area contributed by atoms with Crippen LogP contribution in [-0.2, 0) is 0 Å². The number of nitrogens with zero attached hydrogens (tertiary/aromatic N) is 1. The third-order valence-electron chi connectivity index (χ3n) is 5.32. The first-order valence-electron chi connectivity index (χ1n) is 8.12. The molecule has 2 nitrogen and oxygen atoms in total. The lowest BCUT2D eigenvalue weighted by Crippen LogP contribution is -2.44. The molecule has 1 heterocycles. The first-order chi connectivity index (χ1) is 8.70. The summed E-state index contributed by atoms with van der Waals surface area (Å²) >= 11 is 0. The van der Waals surface area contributed by atoms with Crippen LogP contribution in [0, 0.1) is 11.8 Å². The van der Waals surface area contributed by atoms with Crippen LogP contribution in [0.1, 0.15) is 58.8 Å². The van der Waals surface area contributed by atoms with Crippen molar-refractivity contribution in [2.45, 2.75) is 70.9 Å². The van der Waals surface area contributed by atoms with E-state index >= 15 is 0 Å². The smallest absolute Gasteiger partial charge is 0.0110 e. The van der Waals surface area contributed by atoms with Crippen LogP contribution in [-0.4, -0.2) is 37.1 Å². The van der Waals surface area contributed by atoms with Crippen LogP contribution in [0.15, 0.2) is 0 Å². The Bertz CT molecular complexity index is 239. The fourth-order valence-corrected chi connectivity index (χ4v) is 3.93. The van der Waals surface area contributed by atoms with Gasteiger partial charge in [0.05, 0.1) is 0 Å². The molecule has 2 fully saturated rings. The zero-order valence-corrected chi connectivity index (χ0v) is 12.6. The van der Waals surface area contributed by atoms with Crippen LogP contribution in [0.3, 0.4) is 0 Å². The average Bonchev–Trinajstić information content (AvgIpc) is 2.64. The van der Waals surface area contributed by atoms with E-state index in [1.807, 2.05) is 0 Å². The molecule has 3 atom stereocenters. The third-order valence-corrected chi connectivity index (χ3v) is 5.32. The van der Waals surface area contributed by atoms with Gasteiger partial charge in [-0.05, 0) is 70.5 Å². The van der Waals surface area contributed by atoms with E-state index in [-0.39, 0.29) is 0 Å². The summed E-state index contributed by atoms with van der Waals surface area (Å²) in [6.45, 7) is 7.50. The van der Waals surface area contributed by atoms with Gasteiger partial charge in [-0.3, -0.25) is 0 Å². The molecule has 0 amide bonds. The zero-order valence-electron chi connectivity index (χ0n) is 12.6. The molecule has 0 aromatic heterocycles. The normalized spacial score (nSPS) is 35.7. The summed E-state index contributed by atoms with van der Waals surface area (Å²) in [6.07, 6.45) is 9.92. The summed E-state index contributed by atoms with van der Waals surface area (Å²) in [6, 6.07) is 1.63. The molecule has 2 heteroatoms. The van der Waals surface area contributed by atoms with E-state index in [1.165, 1.54) is 58.0 Å². The number of likely N-dealkylation sites (tertiary alicyclic amines) is 1. The van der Waals surface area contributed by atoms with Gasteiger partial charge in [-0.1, -0.05) is 20.3 Å². The first kappa shape index (κ1) is 14.3. The molecule has 2 aliphatic rings. The van der Waals surface area contributed by atoms with Crippen LogP contribution < -0.4 is 5.32 Å². The molecule has 3 unspecified atom stereocenters. The van der Waals surface area contributed by atoms with Crippen molar-refractivity contribution < 1.29 is 0 Å². The van der Waals surface area contributed by atoms with Gasteiger partial charge >= 0.3 is 0 Å². The molecule has 1 saturated heterocycles. The second kappa shape index (κ2) is 6.91. The van der Waals surface area contributed by atoms with Crippen LogP contribution >= 0.6 is 0 Å². The zero-order chi connectivity index (χ0) is 13.0. The molecule has 0 radical (unpaired) electrons. The van der Waals surface area contributed by atoms with Crippen LogP contribution in [0.25, 0.3) is 0 Å². The van der Waals surface area contributed by atoms with Crippen molar-refractivity contribution in [2.75, 3.05) is 20.1 Å². The molecule has 1 aliphatic heterocycles. The predicted octanol–water partition coefficient (Wildman–Crippen LogP) is 3.28. The van der Waals surface area contributed by atoms with E-state index in [2.05, 4.69) is 31.1 Å². The maximum absolute atomic E-state index is 3.49. The molecule has 1 N–H and O–H groups in total. The summed E-state index contributed by atoms with van der Waals surface area (Å²) < 4.78 is 0. The van der Waals surface area contributed by atoms with Gasteiger partial charge in [0.1, 0.15) is 0 Å². The van der Waals surface area contributed by atoms with Gasteiger partial charge in [0, 0.05) is 12.1 Å². The van der Waals surface area contributed by atoms with Gasteiger partial charge in [-0.2, -0.15) is 0 Å². The molecular weight excluding hydrogens is 220 g/mol. The Labute approximate surface area is 114 Å². The van der Waals surface area contributed by atoms with E-state index in [9.17, 15) is 0 Å².